The van der Waals surface area contributed by atoms with Gasteiger partial charge in [-0.15, -0.1) is 0 Å². The molecule has 1 atom stereocenters. The molecular weight excluding hydrogens is 268 g/mol. The van der Waals surface area contributed by atoms with E-state index in [2.05, 4.69) is 10.3 Å². The lowest BCUT2D eigenvalue weighted by molar-refractivity contribution is 0.0490. The molecular formula is C16H24N2O3. The first-order valence-electron chi connectivity index (χ1n) is 7.66. The van der Waals surface area contributed by atoms with Crippen molar-refractivity contribution in [2.45, 2.75) is 39.2 Å². The molecule has 1 aromatic heterocycles. The lowest BCUT2D eigenvalue weighted by Gasteiger charge is -2.21. The third-order valence-electron chi connectivity index (χ3n) is 3.80. The zero-order chi connectivity index (χ0) is 15.1. The Bertz CT molecular complexity index is 441. The second-order valence-corrected chi connectivity index (χ2v) is 5.53. The van der Waals surface area contributed by atoms with Gasteiger partial charge < -0.3 is 14.8 Å². The zero-order valence-electron chi connectivity index (χ0n) is 12.8. The molecule has 5 nitrogen and oxygen atoms in total. The smallest absolute Gasteiger partial charge is 0.253 e. The van der Waals surface area contributed by atoms with Crippen LogP contribution in [0.4, 0.5) is 0 Å². The van der Waals surface area contributed by atoms with E-state index in [9.17, 15) is 4.79 Å². The van der Waals surface area contributed by atoms with Crippen LogP contribution in [-0.2, 0) is 4.74 Å². The highest BCUT2D eigenvalue weighted by atomic mass is 16.5. The molecule has 0 saturated carbocycles. The fourth-order valence-corrected chi connectivity index (χ4v) is 2.13. The van der Waals surface area contributed by atoms with Gasteiger partial charge in [-0.05, 0) is 38.2 Å². The fourth-order valence-electron chi connectivity index (χ4n) is 2.13. The van der Waals surface area contributed by atoms with Crippen LogP contribution in [0.15, 0.2) is 18.3 Å². The molecule has 2 rings (SSSR count). The molecule has 0 aliphatic carbocycles. The Balaban J connectivity index is 1.82. The van der Waals surface area contributed by atoms with Gasteiger partial charge in [-0.25, -0.2) is 4.98 Å². The number of rotatable bonds is 6. The molecule has 1 fully saturated rings. The van der Waals surface area contributed by atoms with Crippen LogP contribution in [0.5, 0.6) is 5.88 Å². The maximum Gasteiger partial charge on any atom is 0.253 e. The summed E-state index contributed by atoms with van der Waals surface area (Å²) in [5, 5.41) is 2.92. The van der Waals surface area contributed by atoms with Gasteiger partial charge in [0.05, 0.1) is 12.2 Å². The third kappa shape index (κ3) is 5.01. The van der Waals surface area contributed by atoms with Crippen LogP contribution in [0.2, 0.25) is 0 Å². The number of nitrogens with zero attached hydrogens (tertiary/aromatic N) is 1. The number of ether oxygens (including phenoxy) is 2. The Kier molecular flexibility index (Phi) is 5.99. The van der Waals surface area contributed by atoms with E-state index in [-0.39, 0.29) is 11.9 Å². The third-order valence-corrected chi connectivity index (χ3v) is 3.80. The first-order chi connectivity index (χ1) is 10.2. The summed E-state index contributed by atoms with van der Waals surface area (Å²) in [4.78, 5) is 16.1. The van der Waals surface area contributed by atoms with Crippen LogP contribution in [0.25, 0.3) is 0 Å². The van der Waals surface area contributed by atoms with Crippen molar-refractivity contribution in [1.82, 2.24) is 10.3 Å². The van der Waals surface area contributed by atoms with Crippen molar-refractivity contribution in [3.8, 4) is 5.88 Å². The first kappa shape index (κ1) is 15.8. The number of carbonyl (C=O) groups is 1. The van der Waals surface area contributed by atoms with Crippen molar-refractivity contribution in [1.29, 1.82) is 0 Å². The SMILES string of the molecule is CCC(C)NC(=O)c1ccc(OCC2CCOCC2)nc1. The van der Waals surface area contributed by atoms with Crippen LogP contribution in [0, 0.1) is 5.92 Å². The predicted octanol–water partition coefficient (Wildman–Crippen LogP) is 2.42. The maximum atomic E-state index is 11.9. The second-order valence-electron chi connectivity index (χ2n) is 5.53. The summed E-state index contributed by atoms with van der Waals surface area (Å²) < 4.78 is 11.0. The molecule has 0 spiro atoms. The zero-order valence-corrected chi connectivity index (χ0v) is 12.8. The van der Waals surface area contributed by atoms with Gasteiger partial charge in [-0.1, -0.05) is 6.92 Å². The molecule has 116 valence electrons. The summed E-state index contributed by atoms with van der Waals surface area (Å²) in [5.41, 5.74) is 0.564. The molecule has 1 saturated heterocycles. The number of hydrogen-bond acceptors (Lipinski definition) is 4. The van der Waals surface area contributed by atoms with Gasteiger partial charge in [-0.3, -0.25) is 4.79 Å². The van der Waals surface area contributed by atoms with Gasteiger partial charge in [0, 0.05) is 31.5 Å². The van der Waals surface area contributed by atoms with E-state index in [1.54, 1.807) is 18.3 Å². The van der Waals surface area contributed by atoms with E-state index in [1.807, 2.05) is 13.8 Å². The summed E-state index contributed by atoms with van der Waals surface area (Å²) in [7, 11) is 0. The van der Waals surface area contributed by atoms with E-state index >= 15 is 0 Å². The molecule has 21 heavy (non-hydrogen) atoms. The molecule has 1 N–H and O–H groups in total. The van der Waals surface area contributed by atoms with Crippen LogP contribution < -0.4 is 10.1 Å². The molecule has 0 radical (unpaired) electrons. The standard InChI is InChI=1S/C16H24N2O3/c1-3-12(2)18-16(19)14-4-5-15(17-10-14)21-11-13-6-8-20-9-7-13/h4-5,10,12-13H,3,6-9,11H2,1-2H3,(H,18,19). The van der Waals surface area contributed by atoms with Crippen molar-refractivity contribution in [3.63, 3.8) is 0 Å². The van der Waals surface area contributed by atoms with Gasteiger partial charge in [0.1, 0.15) is 0 Å². The number of nitrogens with one attached hydrogen (secondary N) is 1. The summed E-state index contributed by atoms with van der Waals surface area (Å²) in [5.74, 6) is 1.02. The minimum absolute atomic E-state index is 0.0900. The van der Waals surface area contributed by atoms with Crippen molar-refractivity contribution >= 4 is 5.91 Å². The van der Waals surface area contributed by atoms with E-state index in [1.165, 1.54) is 0 Å². The Morgan fingerprint density at radius 1 is 1.48 bits per heavy atom. The molecule has 1 aliphatic heterocycles. The van der Waals surface area contributed by atoms with Gasteiger partial charge >= 0.3 is 0 Å². The molecule has 1 aliphatic rings. The average molecular weight is 292 g/mol. The molecule has 2 heterocycles. The van der Waals surface area contributed by atoms with Crippen molar-refractivity contribution in [2.75, 3.05) is 19.8 Å². The average Bonchev–Trinajstić information content (AvgIpc) is 2.54. The van der Waals surface area contributed by atoms with Crippen LogP contribution in [-0.4, -0.2) is 36.8 Å². The first-order valence-corrected chi connectivity index (χ1v) is 7.66. The number of carbonyl (C=O) groups excluding carboxylic acids is 1. The molecule has 1 amide bonds. The summed E-state index contributed by atoms with van der Waals surface area (Å²) in [6, 6.07) is 3.68. The number of aromatic nitrogens is 1. The number of pyridine rings is 1. The molecule has 5 heteroatoms. The molecule has 1 aromatic rings. The lowest BCUT2D eigenvalue weighted by atomic mass is 10.0. The van der Waals surface area contributed by atoms with Crippen LogP contribution in [0.3, 0.4) is 0 Å². The lowest BCUT2D eigenvalue weighted by Crippen LogP contribution is -2.31. The minimum atomic E-state index is -0.0900. The number of hydrogen-bond donors (Lipinski definition) is 1. The fraction of sp³-hybridized carbons (Fsp3) is 0.625. The van der Waals surface area contributed by atoms with Gasteiger partial charge in [0.2, 0.25) is 5.88 Å². The van der Waals surface area contributed by atoms with Crippen molar-refractivity contribution < 1.29 is 14.3 Å². The van der Waals surface area contributed by atoms with E-state index in [4.69, 9.17) is 9.47 Å². The Hall–Kier alpha value is -1.62. The van der Waals surface area contributed by atoms with E-state index in [0.29, 0.717) is 24.0 Å². The van der Waals surface area contributed by atoms with E-state index in [0.717, 1.165) is 32.5 Å². The van der Waals surface area contributed by atoms with Gasteiger partial charge in [0.15, 0.2) is 0 Å². The van der Waals surface area contributed by atoms with Crippen LogP contribution in [0.1, 0.15) is 43.5 Å². The van der Waals surface area contributed by atoms with Crippen LogP contribution >= 0.6 is 0 Å². The van der Waals surface area contributed by atoms with Crippen molar-refractivity contribution in [2.24, 2.45) is 5.92 Å². The molecule has 1 unspecified atom stereocenters. The Labute approximate surface area is 126 Å². The highest BCUT2D eigenvalue weighted by Crippen LogP contribution is 2.16. The van der Waals surface area contributed by atoms with Gasteiger partial charge in [0.25, 0.3) is 5.91 Å². The Morgan fingerprint density at radius 2 is 2.24 bits per heavy atom. The second kappa shape index (κ2) is 7.98. The highest BCUT2D eigenvalue weighted by Gasteiger charge is 2.15. The topological polar surface area (TPSA) is 60.5 Å². The normalized spacial score (nSPS) is 17.2. The van der Waals surface area contributed by atoms with Gasteiger partial charge in [-0.2, -0.15) is 0 Å². The number of amides is 1. The highest BCUT2D eigenvalue weighted by molar-refractivity contribution is 5.94. The van der Waals surface area contributed by atoms with Crippen molar-refractivity contribution in [3.05, 3.63) is 23.9 Å². The minimum Gasteiger partial charge on any atom is -0.477 e. The van der Waals surface area contributed by atoms with E-state index < -0.39 is 0 Å². The maximum absolute atomic E-state index is 11.9. The predicted molar refractivity (Wildman–Crippen MR) is 80.5 cm³/mol. The molecule has 0 bridgehead atoms. The Morgan fingerprint density at radius 3 is 2.86 bits per heavy atom. The largest absolute Gasteiger partial charge is 0.477 e. The summed E-state index contributed by atoms with van der Waals surface area (Å²) >= 11 is 0. The monoisotopic (exact) mass is 292 g/mol. The molecule has 0 aromatic carbocycles. The summed E-state index contributed by atoms with van der Waals surface area (Å²) in [6.45, 7) is 6.31. The summed E-state index contributed by atoms with van der Waals surface area (Å²) in [6.07, 6.45) is 4.55. The quantitative estimate of drug-likeness (QED) is 0.874.